The molecule has 4 rings (SSSR count). The Bertz CT molecular complexity index is 1310. The first-order chi connectivity index (χ1) is 15.6. The van der Waals surface area contributed by atoms with Crippen LogP contribution in [-0.2, 0) is 20.7 Å². The number of ether oxygens (including phenoxy) is 2. The van der Waals surface area contributed by atoms with Gasteiger partial charge in [0.1, 0.15) is 16.9 Å². The van der Waals surface area contributed by atoms with Gasteiger partial charge in [0.25, 0.3) is 0 Å². The van der Waals surface area contributed by atoms with Crippen LogP contribution in [0.3, 0.4) is 0 Å². The van der Waals surface area contributed by atoms with Crippen LogP contribution in [0.25, 0.3) is 33.1 Å². The van der Waals surface area contributed by atoms with Crippen LogP contribution >= 0.6 is 0 Å². The highest BCUT2D eigenvalue weighted by molar-refractivity contribution is 6.06. The second kappa shape index (κ2) is 9.35. The van der Waals surface area contributed by atoms with E-state index >= 15 is 0 Å². The zero-order chi connectivity index (χ0) is 22.5. The molecule has 0 N–H and O–H groups in total. The first-order valence-electron chi connectivity index (χ1n) is 10.3. The molecule has 4 aromatic rings. The van der Waals surface area contributed by atoms with Crippen molar-refractivity contribution < 1.29 is 23.5 Å². The van der Waals surface area contributed by atoms with E-state index in [2.05, 4.69) is 43.5 Å². The molecular formula is C27H22O5. The minimum Gasteiger partial charge on any atom is -0.463 e. The summed E-state index contributed by atoms with van der Waals surface area (Å²) in [5, 5.41) is 1.95. The van der Waals surface area contributed by atoms with Gasteiger partial charge in [-0.15, -0.1) is 0 Å². The number of benzene rings is 3. The molecule has 0 amide bonds. The Morgan fingerprint density at radius 2 is 1.47 bits per heavy atom. The lowest BCUT2D eigenvalue weighted by Gasteiger charge is -2.05. The smallest absolute Gasteiger partial charge is 0.335 e. The molecule has 0 saturated heterocycles. The average Bonchev–Trinajstić information content (AvgIpc) is 3.18. The summed E-state index contributed by atoms with van der Waals surface area (Å²) in [5.74, 6) is -0.490. The summed E-state index contributed by atoms with van der Waals surface area (Å²) in [5.41, 5.74) is 4.71. The molecule has 3 aromatic carbocycles. The minimum atomic E-state index is -0.510. The molecule has 0 radical (unpaired) electrons. The standard InChI is InChI=1S/C27H22O5/c1-3-26(28)30-15-5-6-18-7-9-19(10-8-18)20-11-13-22-23-14-12-21(31-27(29)4-2)17-25(23)32-24(22)16-20/h3-4,7-14,16-17H,1-2,5-6,15H2. The number of aryl methyl sites for hydroxylation is 1. The Kier molecular flexibility index (Phi) is 6.17. The van der Waals surface area contributed by atoms with Crippen molar-refractivity contribution >= 4 is 33.9 Å². The van der Waals surface area contributed by atoms with Gasteiger partial charge >= 0.3 is 11.9 Å². The molecule has 0 saturated carbocycles. The van der Waals surface area contributed by atoms with Crippen molar-refractivity contribution in [2.75, 3.05) is 6.61 Å². The summed E-state index contributed by atoms with van der Waals surface area (Å²) in [6.45, 7) is 7.17. The summed E-state index contributed by atoms with van der Waals surface area (Å²) < 4.78 is 16.2. The summed E-state index contributed by atoms with van der Waals surface area (Å²) >= 11 is 0. The predicted molar refractivity (Wildman–Crippen MR) is 124 cm³/mol. The third-order valence-electron chi connectivity index (χ3n) is 5.14. The molecule has 5 nitrogen and oxygen atoms in total. The molecule has 0 aliphatic carbocycles. The molecule has 0 spiro atoms. The minimum absolute atomic E-state index is 0.379. The van der Waals surface area contributed by atoms with Crippen molar-refractivity contribution in [3.05, 3.63) is 91.5 Å². The van der Waals surface area contributed by atoms with Gasteiger partial charge in [0.05, 0.1) is 6.61 Å². The molecule has 0 bridgehead atoms. The monoisotopic (exact) mass is 426 g/mol. The Labute approximate surface area is 185 Å². The molecule has 5 heteroatoms. The number of hydrogen-bond acceptors (Lipinski definition) is 5. The quantitative estimate of drug-likeness (QED) is 0.149. The normalized spacial score (nSPS) is 10.8. The van der Waals surface area contributed by atoms with Crippen LogP contribution in [0.4, 0.5) is 0 Å². The lowest BCUT2D eigenvalue weighted by atomic mass is 10.0. The van der Waals surface area contributed by atoms with Gasteiger partial charge in [-0.2, -0.15) is 0 Å². The number of carbonyl (C=O) groups is 2. The number of furan rings is 1. The van der Waals surface area contributed by atoms with Crippen molar-refractivity contribution in [3.8, 4) is 16.9 Å². The third-order valence-corrected chi connectivity index (χ3v) is 5.14. The van der Waals surface area contributed by atoms with Crippen LogP contribution in [-0.4, -0.2) is 18.5 Å². The van der Waals surface area contributed by atoms with E-state index in [1.165, 1.54) is 11.6 Å². The van der Waals surface area contributed by atoms with Gasteiger partial charge in [-0.25, -0.2) is 9.59 Å². The highest BCUT2D eigenvalue weighted by atomic mass is 16.5. The van der Waals surface area contributed by atoms with Gasteiger partial charge in [-0.05, 0) is 53.8 Å². The zero-order valence-electron chi connectivity index (χ0n) is 17.5. The van der Waals surface area contributed by atoms with Crippen LogP contribution in [0.1, 0.15) is 12.0 Å². The number of carbonyl (C=O) groups excluding carboxylic acids is 2. The van der Waals surface area contributed by atoms with E-state index in [4.69, 9.17) is 13.9 Å². The summed E-state index contributed by atoms with van der Waals surface area (Å²) in [7, 11) is 0. The van der Waals surface area contributed by atoms with Gasteiger partial charge in [0.2, 0.25) is 0 Å². The number of rotatable bonds is 8. The van der Waals surface area contributed by atoms with Crippen LogP contribution in [0.15, 0.2) is 90.4 Å². The van der Waals surface area contributed by atoms with E-state index in [1.54, 1.807) is 12.1 Å². The Morgan fingerprint density at radius 3 is 2.19 bits per heavy atom. The molecule has 0 aliphatic rings. The second-order valence-corrected chi connectivity index (χ2v) is 7.27. The van der Waals surface area contributed by atoms with E-state index in [0.717, 1.165) is 46.4 Å². The van der Waals surface area contributed by atoms with E-state index in [9.17, 15) is 9.59 Å². The van der Waals surface area contributed by atoms with Gasteiger partial charge in [0, 0.05) is 29.0 Å². The maximum absolute atomic E-state index is 11.4. The van der Waals surface area contributed by atoms with E-state index in [0.29, 0.717) is 17.9 Å². The fraction of sp³-hybridized carbons (Fsp3) is 0.111. The zero-order valence-corrected chi connectivity index (χ0v) is 17.5. The highest BCUT2D eigenvalue weighted by Crippen LogP contribution is 2.34. The molecule has 32 heavy (non-hydrogen) atoms. The maximum atomic E-state index is 11.4. The van der Waals surface area contributed by atoms with E-state index in [1.807, 2.05) is 18.2 Å². The SMILES string of the molecule is C=CC(=O)OCCCc1ccc(-c2ccc3c(c2)oc2cc(OC(=O)C=C)ccc23)cc1. The summed E-state index contributed by atoms with van der Waals surface area (Å²) in [6.07, 6.45) is 3.88. The largest absolute Gasteiger partial charge is 0.463 e. The fourth-order valence-corrected chi connectivity index (χ4v) is 3.53. The lowest BCUT2D eigenvalue weighted by Crippen LogP contribution is -2.02. The van der Waals surface area contributed by atoms with Gasteiger partial charge in [0.15, 0.2) is 0 Å². The number of fused-ring (bicyclic) bond motifs is 3. The van der Waals surface area contributed by atoms with Crippen LogP contribution in [0.2, 0.25) is 0 Å². The average molecular weight is 426 g/mol. The summed E-state index contributed by atoms with van der Waals surface area (Å²) in [6, 6.07) is 19.7. The van der Waals surface area contributed by atoms with Crippen LogP contribution in [0.5, 0.6) is 5.75 Å². The van der Waals surface area contributed by atoms with Crippen molar-refractivity contribution in [2.24, 2.45) is 0 Å². The van der Waals surface area contributed by atoms with Gasteiger partial charge in [-0.3, -0.25) is 0 Å². The predicted octanol–water partition coefficient (Wildman–Crippen LogP) is 6.01. The molecule has 160 valence electrons. The topological polar surface area (TPSA) is 65.7 Å². The number of hydrogen-bond donors (Lipinski definition) is 0. The van der Waals surface area contributed by atoms with E-state index < -0.39 is 11.9 Å². The fourth-order valence-electron chi connectivity index (χ4n) is 3.53. The molecular weight excluding hydrogens is 404 g/mol. The first-order valence-corrected chi connectivity index (χ1v) is 10.3. The maximum Gasteiger partial charge on any atom is 0.335 e. The molecule has 0 fully saturated rings. The molecule has 0 aliphatic heterocycles. The van der Waals surface area contributed by atoms with Gasteiger partial charge < -0.3 is 13.9 Å². The Morgan fingerprint density at radius 1 is 0.812 bits per heavy atom. The second-order valence-electron chi connectivity index (χ2n) is 7.27. The van der Waals surface area contributed by atoms with Crippen molar-refractivity contribution in [1.29, 1.82) is 0 Å². The van der Waals surface area contributed by atoms with Gasteiger partial charge in [-0.1, -0.05) is 43.5 Å². The Balaban J connectivity index is 1.51. The highest BCUT2D eigenvalue weighted by Gasteiger charge is 2.11. The molecule has 0 unspecified atom stereocenters. The Hall–Kier alpha value is -4.12. The summed E-state index contributed by atoms with van der Waals surface area (Å²) in [4.78, 5) is 22.5. The molecule has 1 aromatic heterocycles. The molecule has 0 atom stereocenters. The van der Waals surface area contributed by atoms with Crippen LogP contribution in [0, 0.1) is 0 Å². The number of esters is 2. The molecule has 1 heterocycles. The van der Waals surface area contributed by atoms with Crippen molar-refractivity contribution in [2.45, 2.75) is 12.8 Å². The first kappa shape index (κ1) is 21.1. The third kappa shape index (κ3) is 4.62. The van der Waals surface area contributed by atoms with Crippen molar-refractivity contribution in [1.82, 2.24) is 0 Å². The van der Waals surface area contributed by atoms with Crippen LogP contribution < -0.4 is 4.74 Å². The van der Waals surface area contributed by atoms with Crippen molar-refractivity contribution in [3.63, 3.8) is 0 Å². The van der Waals surface area contributed by atoms with E-state index in [-0.39, 0.29) is 0 Å². The lowest BCUT2D eigenvalue weighted by molar-refractivity contribution is -0.137.